The summed E-state index contributed by atoms with van der Waals surface area (Å²) in [5.74, 6) is 3.52. The molecule has 0 saturated carbocycles. The van der Waals surface area contributed by atoms with Gasteiger partial charge in [0.1, 0.15) is 14.4 Å². The molecule has 15 heavy (non-hydrogen) atoms. The van der Waals surface area contributed by atoms with Gasteiger partial charge in [-0.1, -0.05) is 44.6 Å². The molecule has 0 unspecified atom stereocenters. The van der Waals surface area contributed by atoms with Gasteiger partial charge in [0.05, 0.1) is 5.41 Å². The summed E-state index contributed by atoms with van der Waals surface area (Å²) in [5.41, 5.74) is 2.93. The molecule has 0 aromatic rings. The summed E-state index contributed by atoms with van der Waals surface area (Å²) in [6.45, 7) is 8.72. The number of carbonyl (C=O) groups is 1. The van der Waals surface area contributed by atoms with E-state index in [0.717, 1.165) is 19.1 Å². The Labute approximate surface area is 94.0 Å². The molecule has 1 nitrogen and oxygen atoms in total. The summed E-state index contributed by atoms with van der Waals surface area (Å²) >= 11 is 0. The highest BCUT2D eigenvalue weighted by molar-refractivity contribution is 6.83. The van der Waals surface area contributed by atoms with E-state index < -0.39 is 13.5 Å². The third-order valence-electron chi connectivity index (χ3n) is 2.84. The number of hydrogen-bond donors (Lipinski definition) is 0. The van der Waals surface area contributed by atoms with Crippen LogP contribution in [0.3, 0.4) is 0 Å². The second kappa shape index (κ2) is 4.36. The highest BCUT2D eigenvalue weighted by Crippen LogP contribution is 2.35. The van der Waals surface area contributed by atoms with Gasteiger partial charge < -0.3 is 4.79 Å². The summed E-state index contributed by atoms with van der Waals surface area (Å²) in [6, 6.07) is 0. The Kier molecular flexibility index (Phi) is 3.57. The van der Waals surface area contributed by atoms with Crippen molar-refractivity contribution >= 4 is 14.4 Å². The first-order valence-electron chi connectivity index (χ1n) is 5.57. The predicted molar refractivity (Wildman–Crippen MR) is 67.2 cm³/mol. The Morgan fingerprint density at radius 2 is 2.13 bits per heavy atom. The molecule has 1 aliphatic rings. The van der Waals surface area contributed by atoms with Gasteiger partial charge >= 0.3 is 0 Å². The first-order valence-corrected chi connectivity index (χ1v) is 9.07. The SMILES string of the molecule is C[C@H]1C=CCC[C@@]1(C#C[Si](C)(C)C)C=O. The van der Waals surface area contributed by atoms with Crippen LogP contribution in [0.2, 0.25) is 19.6 Å². The van der Waals surface area contributed by atoms with E-state index >= 15 is 0 Å². The first kappa shape index (κ1) is 12.3. The molecule has 0 N–H and O–H groups in total. The average Bonchev–Trinajstić information content (AvgIpc) is 2.16. The molecule has 0 radical (unpaired) electrons. The Morgan fingerprint density at radius 3 is 2.60 bits per heavy atom. The maximum Gasteiger partial charge on any atom is 0.138 e. The lowest BCUT2D eigenvalue weighted by atomic mass is 9.72. The zero-order chi connectivity index (χ0) is 11.5. The Hall–Kier alpha value is -0.813. The van der Waals surface area contributed by atoms with Gasteiger partial charge in [-0.05, 0) is 18.8 Å². The molecule has 0 bridgehead atoms. The molecule has 0 spiro atoms. The van der Waals surface area contributed by atoms with E-state index in [1.807, 2.05) is 0 Å². The topological polar surface area (TPSA) is 17.1 Å². The molecule has 0 fully saturated rings. The van der Waals surface area contributed by atoms with E-state index in [2.05, 4.69) is 50.2 Å². The van der Waals surface area contributed by atoms with Crippen LogP contribution < -0.4 is 0 Å². The van der Waals surface area contributed by atoms with Crippen LogP contribution in [0.4, 0.5) is 0 Å². The van der Waals surface area contributed by atoms with Gasteiger partial charge in [0, 0.05) is 0 Å². The summed E-state index contributed by atoms with van der Waals surface area (Å²) in [4.78, 5) is 11.3. The van der Waals surface area contributed by atoms with Crippen LogP contribution in [0, 0.1) is 22.8 Å². The van der Waals surface area contributed by atoms with Gasteiger partial charge in [-0.15, -0.1) is 5.54 Å². The number of carbonyl (C=O) groups excluding carboxylic acids is 1. The van der Waals surface area contributed by atoms with Gasteiger partial charge in [-0.3, -0.25) is 0 Å². The second-order valence-corrected chi connectivity index (χ2v) is 10.2. The maximum absolute atomic E-state index is 11.3. The van der Waals surface area contributed by atoms with E-state index in [1.54, 1.807) is 0 Å². The molecule has 0 aliphatic heterocycles. The minimum atomic E-state index is -1.38. The van der Waals surface area contributed by atoms with Crippen LogP contribution in [0.1, 0.15) is 19.8 Å². The lowest BCUT2D eigenvalue weighted by Crippen LogP contribution is -2.31. The monoisotopic (exact) mass is 220 g/mol. The molecule has 0 saturated heterocycles. The Morgan fingerprint density at radius 1 is 1.47 bits per heavy atom. The van der Waals surface area contributed by atoms with Crippen molar-refractivity contribution in [2.45, 2.75) is 39.4 Å². The van der Waals surface area contributed by atoms with Crippen molar-refractivity contribution < 1.29 is 4.79 Å². The molecule has 82 valence electrons. The molecule has 1 rings (SSSR count). The quantitative estimate of drug-likeness (QED) is 0.287. The normalized spacial score (nSPS) is 30.5. The molecule has 0 aromatic carbocycles. The second-order valence-electron chi connectivity index (χ2n) is 5.41. The van der Waals surface area contributed by atoms with Crippen molar-refractivity contribution in [3.05, 3.63) is 12.2 Å². The van der Waals surface area contributed by atoms with Crippen LogP contribution in [-0.4, -0.2) is 14.4 Å². The van der Waals surface area contributed by atoms with Crippen molar-refractivity contribution in [1.29, 1.82) is 0 Å². The third kappa shape index (κ3) is 3.07. The van der Waals surface area contributed by atoms with Crippen LogP contribution in [0.15, 0.2) is 12.2 Å². The lowest BCUT2D eigenvalue weighted by molar-refractivity contribution is -0.115. The molecule has 0 amide bonds. The predicted octanol–water partition coefficient (Wildman–Crippen LogP) is 3.04. The summed E-state index contributed by atoms with van der Waals surface area (Å²) in [5, 5.41) is 0. The fourth-order valence-electron chi connectivity index (χ4n) is 1.70. The smallest absolute Gasteiger partial charge is 0.138 e. The molecule has 2 heteroatoms. The standard InChI is InChI=1S/C13H20OSi/c1-12-7-5-6-8-13(12,11-14)9-10-15(2,3)4/h5,7,11-12H,6,8H2,1-4H3/t12-,13+/m0/s1. The highest BCUT2D eigenvalue weighted by Gasteiger charge is 2.34. The number of allylic oxidation sites excluding steroid dienone is 2. The van der Waals surface area contributed by atoms with Crippen LogP contribution >= 0.6 is 0 Å². The summed E-state index contributed by atoms with van der Waals surface area (Å²) in [7, 11) is -1.38. The lowest BCUT2D eigenvalue weighted by Gasteiger charge is -2.30. The molecule has 0 aromatic heterocycles. The number of rotatable bonds is 1. The largest absolute Gasteiger partial charge is 0.302 e. The van der Waals surface area contributed by atoms with Gasteiger partial charge in [0.25, 0.3) is 0 Å². The van der Waals surface area contributed by atoms with E-state index in [-0.39, 0.29) is 5.92 Å². The summed E-state index contributed by atoms with van der Waals surface area (Å²) < 4.78 is 0. The fourth-order valence-corrected chi connectivity index (χ4v) is 2.31. The van der Waals surface area contributed by atoms with Gasteiger partial charge in [0.15, 0.2) is 0 Å². The van der Waals surface area contributed by atoms with Crippen molar-refractivity contribution in [3.63, 3.8) is 0 Å². The van der Waals surface area contributed by atoms with Gasteiger partial charge in [-0.25, -0.2) is 0 Å². The van der Waals surface area contributed by atoms with Gasteiger partial charge in [0.2, 0.25) is 0 Å². The molecular formula is C13H20OSi. The van der Waals surface area contributed by atoms with Crippen LogP contribution in [-0.2, 0) is 4.79 Å². The van der Waals surface area contributed by atoms with E-state index in [9.17, 15) is 4.79 Å². The Balaban J connectivity index is 2.99. The van der Waals surface area contributed by atoms with Crippen molar-refractivity contribution in [2.75, 3.05) is 0 Å². The molecule has 0 heterocycles. The van der Waals surface area contributed by atoms with Crippen molar-refractivity contribution in [2.24, 2.45) is 11.3 Å². The number of hydrogen-bond acceptors (Lipinski definition) is 1. The third-order valence-corrected chi connectivity index (χ3v) is 3.72. The first-order chi connectivity index (χ1) is 6.90. The Bertz CT molecular complexity index is 327. The number of aldehydes is 1. The zero-order valence-electron chi connectivity index (χ0n) is 10.1. The van der Waals surface area contributed by atoms with E-state index in [0.29, 0.717) is 0 Å². The molecular weight excluding hydrogens is 200 g/mol. The molecule has 1 aliphatic carbocycles. The van der Waals surface area contributed by atoms with E-state index in [1.165, 1.54) is 0 Å². The molecule has 2 atom stereocenters. The van der Waals surface area contributed by atoms with Crippen molar-refractivity contribution in [1.82, 2.24) is 0 Å². The van der Waals surface area contributed by atoms with Gasteiger partial charge in [-0.2, -0.15) is 0 Å². The fraction of sp³-hybridized carbons (Fsp3) is 0.615. The average molecular weight is 220 g/mol. The zero-order valence-corrected chi connectivity index (χ0v) is 11.1. The van der Waals surface area contributed by atoms with Crippen LogP contribution in [0.5, 0.6) is 0 Å². The van der Waals surface area contributed by atoms with Crippen LogP contribution in [0.25, 0.3) is 0 Å². The minimum Gasteiger partial charge on any atom is -0.302 e. The highest BCUT2D eigenvalue weighted by atomic mass is 28.3. The van der Waals surface area contributed by atoms with Crippen molar-refractivity contribution in [3.8, 4) is 11.5 Å². The minimum absolute atomic E-state index is 0.257. The van der Waals surface area contributed by atoms with E-state index in [4.69, 9.17) is 0 Å². The summed E-state index contributed by atoms with van der Waals surface area (Å²) in [6.07, 6.45) is 7.20. The maximum atomic E-state index is 11.3.